The summed E-state index contributed by atoms with van der Waals surface area (Å²) in [6.45, 7) is 3.88. The van der Waals surface area contributed by atoms with Gasteiger partial charge in [0.25, 0.3) is 0 Å². The Hall–Kier alpha value is -2.48. The quantitative estimate of drug-likeness (QED) is 0.668. The highest BCUT2D eigenvalue weighted by Crippen LogP contribution is 2.31. The van der Waals surface area contributed by atoms with Gasteiger partial charge in [-0.25, -0.2) is 9.97 Å². The Balaban J connectivity index is 2.41. The zero-order chi connectivity index (χ0) is 12.4. The Kier molecular flexibility index (Phi) is 2.61. The van der Waals surface area contributed by atoms with Crippen molar-refractivity contribution >= 4 is 16.8 Å². The van der Waals surface area contributed by atoms with Crippen molar-refractivity contribution in [1.29, 1.82) is 0 Å². The van der Waals surface area contributed by atoms with E-state index in [4.69, 9.17) is 0 Å². The second-order valence-corrected chi connectivity index (χ2v) is 4.08. The molecule has 86 valence electrons. The van der Waals surface area contributed by atoms with E-state index < -0.39 is 0 Å². The molecule has 1 aromatic heterocycles. The SMILES string of the molecule is C=Cc1ccc2ccccc2c1-c1cncnc1. The van der Waals surface area contributed by atoms with E-state index in [0.717, 1.165) is 16.7 Å². The molecule has 0 atom stereocenters. The summed E-state index contributed by atoms with van der Waals surface area (Å²) in [4.78, 5) is 8.20. The number of hydrogen-bond donors (Lipinski definition) is 0. The first-order valence-corrected chi connectivity index (χ1v) is 5.80. The van der Waals surface area contributed by atoms with Crippen LogP contribution >= 0.6 is 0 Å². The molecule has 0 radical (unpaired) electrons. The summed E-state index contributed by atoms with van der Waals surface area (Å²) in [5.41, 5.74) is 3.26. The van der Waals surface area contributed by atoms with Gasteiger partial charge in [-0.3, -0.25) is 0 Å². The minimum atomic E-state index is 1.02. The van der Waals surface area contributed by atoms with Crippen molar-refractivity contribution in [3.05, 3.63) is 67.3 Å². The Morgan fingerprint density at radius 2 is 1.72 bits per heavy atom. The van der Waals surface area contributed by atoms with E-state index in [1.807, 2.05) is 30.6 Å². The minimum Gasteiger partial charge on any atom is -0.244 e. The third-order valence-electron chi connectivity index (χ3n) is 3.03. The molecular formula is C16H12N2. The predicted octanol–water partition coefficient (Wildman–Crippen LogP) is 3.94. The number of rotatable bonds is 2. The Bertz CT molecular complexity index is 703. The molecule has 0 aliphatic carbocycles. The van der Waals surface area contributed by atoms with Crippen LogP contribution in [0.4, 0.5) is 0 Å². The first-order chi connectivity index (χ1) is 8.90. The third kappa shape index (κ3) is 1.68. The minimum absolute atomic E-state index is 1.02. The molecule has 0 unspecified atom stereocenters. The van der Waals surface area contributed by atoms with Crippen molar-refractivity contribution in [3.63, 3.8) is 0 Å². The summed E-state index contributed by atoms with van der Waals surface area (Å²) in [6.07, 6.45) is 7.08. The molecule has 18 heavy (non-hydrogen) atoms. The van der Waals surface area contributed by atoms with Gasteiger partial charge >= 0.3 is 0 Å². The zero-order valence-electron chi connectivity index (χ0n) is 9.88. The van der Waals surface area contributed by atoms with E-state index in [9.17, 15) is 0 Å². The molecule has 0 bridgehead atoms. The largest absolute Gasteiger partial charge is 0.244 e. The highest BCUT2D eigenvalue weighted by molar-refractivity contribution is 6.00. The molecule has 0 saturated carbocycles. The van der Waals surface area contributed by atoms with Crippen molar-refractivity contribution in [2.24, 2.45) is 0 Å². The first kappa shape index (κ1) is 10.7. The van der Waals surface area contributed by atoms with Crippen LogP contribution in [0.2, 0.25) is 0 Å². The lowest BCUT2D eigenvalue weighted by atomic mass is 9.95. The molecule has 2 aromatic carbocycles. The van der Waals surface area contributed by atoms with Crippen molar-refractivity contribution < 1.29 is 0 Å². The van der Waals surface area contributed by atoms with Gasteiger partial charge in [0.1, 0.15) is 6.33 Å². The molecule has 0 aliphatic rings. The lowest BCUT2D eigenvalue weighted by Gasteiger charge is -2.10. The van der Waals surface area contributed by atoms with E-state index in [1.165, 1.54) is 10.8 Å². The van der Waals surface area contributed by atoms with Gasteiger partial charge in [-0.15, -0.1) is 0 Å². The summed E-state index contributed by atoms with van der Waals surface area (Å²) in [5.74, 6) is 0. The smallest absolute Gasteiger partial charge is 0.115 e. The second-order valence-electron chi connectivity index (χ2n) is 4.08. The molecular weight excluding hydrogens is 220 g/mol. The van der Waals surface area contributed by atoms with E-state index in [2.05, 4.69) is 40.8 Å². The molecule has 2 heteroatoms. The average molecular weight is 232 g/mol. The lowest BCUT2D eigenvalue weighted by Crippen LogP contribution is -1.88. The van der Waals surface area contributed by atoms with E-state index in [-0.39, 0.29) is 0 Å². The molecule has 0 N–H and O–H groups in total. The van der Waals surface area contributed by atoms with Gasteiger partial charge in [0, 0.05) is 18.0 Å². The van der Waals surface area contributed by atoms with Crippen LogP contribution in [0.3, 0.4) is 0 Å². The Morgan fingerprint density at radius 3 is 2.50 bits per heavy atom. The van der Waals surface area contributed by atoms with Crippen LogP contribution in [0.5, 0.6) is 0 Å². The molecule has 0 amide bonds. The fraction of sp³-hybridized carbons (Fsp3) is 0. The number of aromatic nitrogens is 2. The standard InChI is InChI=1S/C16H12N2/c1-2-12-7-8-13-5-3-4-6-15(13)16(12)14-9-17-11-18-10-14/h2-11H,1H2. The second kappa shape index (κ2) is 4.41. The molecule has 0 spiro atoms. The topological polar surface area (TPSA) is 25.8 Å². The van der Waals surface area contributed by atoms with Gasteiger partial charge in [-0.05, 0) is 21.9 Å². The average Bonchev–Trinajstić information content (AvgIpc) is 2.47. The van der Waals surface area contributed by atoms with Crippen LogP contribution in [0.1, 0.15) is 5.56 Å². The molecule has 0 aliphatic heterocycles. The van der Waals surface area contributed by atoms with Crippen molar-refractivity contribution in [1.82, 2.24) is 9.97 Å². The molecule has 1 heterocycles. The molecule has 0 saturated heterocycles. The van der Waals surface area contributed by atoms with Crippen LogP contribution in [0.25, 0.3) is 28.0 Å². The maximum absolute atomic E-state index is 4.10. The van der Waals surface area contributed by atoms with Gasteiger partial charge in [0.15, 0.2) is 0 Å². The first-order valence-electron chi connectivity index (χ1n) is 5.80. The molecule has 0 fully saturated rings. The van der Waals surface area contributed by atoms with Crippen LogP contribution in [-0.2, 0) is 0 Å². The highest BCUT2D eigenvalue weighted by atomic mass is 14.8. The Labute approximate surface area is 106 Å². The summed E-state index contributed by atoms with van der Waals surface area (Å²) < 4.78 is 0. The Morgan fingerprint density at radius 1 is 0.944 bits per heavy atom. The third-order valence-corrected chi connectivity index (χ3v) is 3.03. The van der Waals surface area contributed by atoms with Crippen LogP contribution in [0.15, 0.2) is 61.7 Å². The monoisotopic (exact) mass is 232 g/mol. The number of nitrogens with zero attached hydrogens (tertiary/aromatic N) is 2. The maximum atomic E-state index is 4.10. The summed E-state index contributed by atoms with van der Waals surface area (Å²) in [5, 5.41) is 2.41. The fourth-order valence-electron chi connectivity index (χ4n) is 2.21. The number of hydrogen-bond acceptors (Lipinski definition) is 2. The zero-order valence-corrected chi connectivity index (χ0v) is 9.88. The van der Waals surface area contributed by atoms with Crippen LogP contribution in [0, 0.1) is 0 Å². The summed E-state index contributed by atoms with van der Waals surface area (Å²) >= 11 is 0. The normalized spacial score (nSPS) is 10.4. The predicted molar refractivity (Wildman–Crippen MR) is 75.1 cm³/mol. The van der Waals surface area contributed by atoms with Gasteiger partial charge in [-0.2, -0.15) is 0 Å². The molecule has 3 rings (SSSR count). The van der Waals surface area contributed by atoms with Crippen molar-refractivity contribution in [3.8, 4) is 11.1 Å². The summed E-state index contributed by atoms with van der Waals surface area (Å²) in [7, 11) is 0. The van der Waals surface area contributed by atoms with Gasteiger partial charge < -0.3 is 0 Å². The maximum Gasteiger partial charge on any atom is 0.115 e. The lowest BCUT2D eigenvalue weighted by molar-refractivity contribution is 1.17. The van der Waals surface area contributed by atoms with Crippen molar-refractivity contribution in [2.75, 3.05) is 0 Å². The van der Waals surface area contributed by atoms with Crippen molar-refractivity contribution in [2.45, 2.75) is 0 Å². The highest BCUT2D eigenvalue weighted by Gasteiger charge is 2.08. The molecule has 2 nitrogen and oxygen atoms in total. The van der Waals surface area contributed by atoms with Gasteiger partial charge in [0.05, 0.1) is 0 Å². The summed E-state index contributed by atoms with van der Waals surface area (Å²) in [6, 6.07) is 12.5. The number of benzene rings is 2. The fourth-order valence-corrected chi connectivity index (χ4v) is 2.21. The van der Waals surface area contributed by atoms with E-state index in [1.54, 1.807) is 6.33 Å². The number of fused-ring (bicyclic) bond motifs is 1. The van der Waals surface area contributed by atoms with Gasteiger partial charge in [-0.1, -0.05) is 49.1 Å². The van der Waals surface area contributed by atoms with Crippen LogP contribution < -0.4 is 0 Å². The van der Waals surface area contributed by atoms with Crippen LogP contribution in [-0.4, -0.2) is 9.97 Å². The van der Waals surface area contributed by atoms with E-state index >= 15 is 0 Å². The van der Waals surface area contributed by atoms with E-state index in [0.29, 0.717) is 0 Å². The van der Waals surface area contributed by atoms with Gasteiger partial charge in [0.2, 0.25) is 0 Å². The molecule has 3 aromatic rings.